The van der Waals surface area contributed by atoms with Crippen LogP contribution in [0.1, 0.15) is 5.56 Å². The minimum Gasteiger partial charge on any atom is -0.406 e. The average molecular weight is 645 g/mol. The summed E-state index contributed by atoms with van der Waals surface area (Å²) >= 11 is 1.07. The Bertz CT molecular complexity index is 1760. The Morgan fingerprint density at radius 3 is 2.51 bits per heavy atom. The molecule has 1 fully saturated rings. The molecule has 1 aliphatic rings. The number of hydrogen-bond acceptors (Lipinski definition) is 9. The Morgan fingerprint density at radius 2 is 1.84 bits per heavy atom. The first kappa shape index (κ1) is 31.5. The van der Waals surface area contributed by atoms with Gasteiger partial charge in [-0.05, 0) is 54.6 Å². The number of aromatic nitrogens is 2. The average Bonchev–Trinajstić information content (AvgIpc) is 3.61. The van der Waals surface area contributed by atoms with Gasteiger partial charge in [-0.15, -0.1) is 13.2 Å². The Morgan fingerprint density at radius 1 is 1.11 bits per heavy atom. The van der Waals surface area contributed by atoms with Gasteiger partial charge in [0, 0.05) is 43.6 Å². The fraction of sp³-hybridized carbons (Fsp3) is 0.207. The van der Waals surface area contributed by atoms with E-state index in [9.17, 15) is 22.8 Å². The lowest BCUT2D eigenvalue weighted by Gasteiger charge is -2.22. The highest BCUT2D eigenvalue weighted by Gasteiger charge is 2.33. The number of hydrogen-bond donors (Lipinski definition) is 1. The Balaban J connectivity index is 1.31. The number of alkyl halides is 3. The van der Waals surface area contributed by atoms with Crippen molar-refractivity contribution in [1.29, 1.82) is 0 Å². The highest BCUT2D eigenvalue weighted by atomic mass is 32.2. The number of amidine groups is 1. The summed E-state index contributed by atoms with van der Waals surface area (Å²) in [5, 5.41) is 6.31. The molecule has 16 heteroatoms. The van der Waals surface area contributed by atoms with Crippen LogP contribution in [0.3, 0.4) is 0 Å². The van der Waals surface area contributed by atoms with E-state index in [0.717, 1.165) is 35.6 Å². The smallest absolute Gasteiger partial charge is 0.406 e. The van der Waals surface area contributed by atoms with Crippen LogP contribution in [0.5, 0.6) is 5.75 Å². The summed E-state index contributed by atoms with van der Waals surface area (Å²) in [6.45, 7) is 0.222. The molecule has 234 valence electrons. The Kier molecular flexibility index (Phi) is 9.06. The van der Waals surface area contributed by atoms with Gasteiger partial charge in [-0.25, -0.2) is 9.18 Å². The van der Waals surface area contributed by atoms with Crippen LogP contribution in [-0.4, -0.2) is 60.6 Å². The standard InChI is InChI=1S/C29H24F4N6O5S/c1-38(2)19-8-4-18(14-42-3)23(13-19)39-24(40)15-45-28(39)36-27(41)34-22-11-7-17(12-21(22)30)25-35-26(44-37-25)16-5-9-20(10-6-16)43-29(31,32)33/h4-13H,14-15H2,1-3H3,(H,34,41). The number of anilines is 3. The summed E-state index contributed by atoms with van der Waals surface area (Å²) in [6, 6.07) is 13.2. The Hall–Kier alpha value is -4.96. The molecule has 11 nitrogen and oxygen atoms in total. The number of thioether (sulfide) groups is 1. The van der Waals surface area contributed by atoms with Gasteiger partial charge in [0.1, 0.15) is 11.6 Å². The third-order valence-electron chi connectivity index (χ3n) is 6.32. The highest BCUT2D eigenvalue weighted by molar-refractivity contribution is 8.15. The maximum Gasteiger partial charge on any atom is 0.573 e. The normalized spacial score (nSPS) is 14.2. The van der Waals surface area contributed by atoms with Gasteiger partial charge in [0.25, 0.3) is 5.89 Å². The van der Waals surface area contributed by atoms with E-state index in [4.69, 9.17) is 9.26 Å². The molecular weight excluding hydrogens is 620 g/mol. The molecule has 0 saturated carbocycles. The molecule has 0 unspecified atom stereocenters. The molecular formula is C29H24F4N6O5S. The van der Waals surface area contributed by atoms with Crippen molar-refractivity contribution < 1.29 is 41.1 Å². The summed E-state index contributed by atoms with van der Waals surface area (Å²) in [5.41, 5.74) is 2.39. The van der Waals surface area contributed by atoms with Crippen LogP contribution in [0.25, 0.3) is 22.8 Å². The van der Waals surface area contributed by atoms with E-state index < -0.39 is 24.0 Å². The minimum absolute atomic E-state index is 0.000894. The lowest BCUT2D eigenvalue weighted by molar-refractivity contribution is -0.274. The number of aliphatic imine (C=N–C) groups is 1. The van der Waals surface area contributed by atoms with Crippen LogP contribution in [0.2, 0.25) is 0 Å². The van der Waals surface area contributed by atoms with Gasteiger partial charge in [-0.2, -0.15) is 9.98 Å². The van der Waals surface area contributed by atoms with Crippen LogP contribution >= 0.6 is 11.8 Å². The summed E-state index contributed by atoms with van der Waals surface area (Å²) in [7, 11) is 5.24. The number of urea groups is 1. The number of benzene rings is 3. The number of carbonyl (C=O) groups is 2. The fourth-order valence-corrected chi connectivity index (χ4v) is 5.10. The molecule has 4 aromatic rings. The molecule has 3 aromatic carbocycles. The van der Waals surface area contributed by atoms with Gasteiger partial charge >= 0.3 is 12.4 Å². The second-order valence-electron chi connectivity index (χ2n) is 9.67. The third kappa shape index (κ3) is 7.41. The van der Waals surface area contributed by atoms with E-state index in [2.05, 4.69) is 25.2 Å². The van der Waals surface area contributed by atoms with Crippen molar-refractivity contribution in [2.45, 2.75) is 13.0 Å². The fourth-order valence-electron chi connectivity index (χ4n) is 4.24. The molecule has 0 radical (unpaired) electrons. The molecule has 0 atom stereocenters. The molecule has 0 aliphatic carbocycles. The van der Waals surface area contributed by atoms with E-state index in [1.165, 1.54) is 36.3 Å². The van der Waals surface area contributed by atoms with Gasteiger partial charge in [-0.1, -0.05) is 23.0 Å². The van der Waals surface area contributed by atoms with Crippen LogP contribution in [-0.2, 0) is 16.1 Å². The van der Waals surface area contributed by atoms with Gasteiger partial charge in [0.2, 0.25) is 11.7 Å². The first-order chi connectivity index (χ1) is 21.4. The first-order valence-electron chi connectivity index (χ1n) is 13.1. The first-order valence-corrected chi connectivity index (χ1v) is 14.0. The largest absolute Gasteiger partial charge is 0.573 e. The molecule has 0 bridgehead atoms. The number of nitrogens with one attached hydrogen (secondary N) is 1. The van der Waals surface area contributed by atoms with Crippen molar-refractivity contribution in [2.24, 2.45) is 4.99 Å². The zero-order valence-electron chi connectivity index (χ0n) is 23.9. The van der Waals surface area contributed by atoms with Crippen molar-refractivity contribution in [1.82, 2.24) is 10.1 Å². The van der Waals surface area contributed by atoms with Crippen LogP contribution in [0.15, 0.2) is 70.2 Å². The van der Waals surface area contributed by atoms with Gasteiger partial charge < -0.3 is 24.2 Å². The molecule has 1 aliphatic heterocycles. The Labute approximate surface area is 257 Å². The van der Waals surface area contributed by atoms with E-state index in [1.54, 1.807) is 6.07 Å². The molecule has 2 heterocycles. The topological polar surface area (TPSA) is 122 Å². The molecule has 3 amide bonds. The molecule has 1 aromatic heterocycles. The van der Waals surface area contributed by atoms with E-state index in [0.29, 0.717) is 16.8 Å². The second-order valence-corrected chi connectivity index (χ2v) is 10.6. The number of amides is 3. The van der Waals surface area contributed by atoms with E-state index in [1.807, 2.05) is 31.1 Å². The van der Waals surface area contributed by atoms with Crippen molar-refractivity contribution in [3.63, 3.8) is 0 Å². The van der Waals surface area contributed by atoms with Gasteiger partial charge in [0.15, 0.2) is 5.17 Å². The quantitative estimate of drug-likeness (QED) is 0.220. The van der Waals surface area contributed by atoms with E-state index >= 15 is 4.39 Å². The zero-order chi connectivity index (χ0) is 32.3. The number of nitrogens with zero attached hydrogens (tertiary/aromatic N) is 5. The van der Waals surface area contributed by atoms with Crippen molar-refractivity contribution in [3.05, 3.63) is 72.0 Å². The molecule has 45 heavy (non-hydrogen) atoms. The second kappa shape index (κ2) is 13.0. The predicted octanol–water partition coefficient (Wildman–Crippen LogP) is 6.32. The molecule has 0 spiro atoms. The molecule has 1 saturated heterocycles. The minimum atomic E-state index is -4.83. The third-order valence-corrected chi connectivity index (χ3v) is 7.24. The van der Waals surface area contributed by atoms with Crippen LogP contribution in [0, 0.1) is 5.82 Å². The number of ether oxygens (including phenoxy) is 2. The molecule has 1 N–H and O–H groups in total. The number of halogens is 4. The highest BCUT2D eigenvalue weighted by Crippen LogP contribution is 2.34. The number of rotatable bonds is 8. The van der Waals surface area contributed by atoms with Crippen molar-refractivity contribution in [3.8, 4) is 28.6 Å². The van der Waals surface area contributed by atoms with Crippen molar-refractivity contribution >= 4 is 45.9 Å². The van der Waals surface area contributed by atoms with Gasteiger partial charge in [-0.3, -0.25) is 9.69 Å². The van der Waals surface area contributed by atoms with Gasteiger partial charge in [0.05, 0.1) is 23.7 Å². The number of carbonyl (C=O) groups excluding carboxylic acids is 2. The predicted molar refractivity (Wildman–Crippen MR) is 160 cm³/mol. The van der Waals surface area contributed by atoms with Crippen LogP contribution < -0.4 is 19.9 Å². The maximum atomic E-state index is 15.0. The van der Waals surface area contributed by atoms with Crippen LogP contribution in [0.4, 0.5) is 39.4 Å². The zero-order valence-corrected chi connectivity index (χ0v) is 24.7. The number of methoxy groups -OCH3 is 1. The summed E-state index contributed by atoms with van der Waals surface area (Å²) in [6.07, 6.45) is -4.83. The lowest BCUT2D eigenvalue weighted by atomic mass is 10.1. The monoisotopic (exact) mass is 644 g/mol. The lowest BCUT2D eigenvalue weighted by Crippen LogP contribution is -2.31. The van der Waals surface area contributed by atoms with Crippen molar-refractivity contribution in [2.75, 3.05) is 42.1 Å². The summed E-state index contributed by atoms with van der Waals surface area (Å²) in [4.78, 5) is 37.1. The maximum absolute atomic E-state index is 15.0. The summed E-state index contributed by atoms with van der Waals surface area (Å²) < 4.78 is 66.5. The SMILES string of the molecule is COCc1ccc(N(C)C)cc1N1C(=O)CSC1=NC(=O)Nc1ccc(-c2noc(-c3ccc(OC(F)(F)F)cc3)n2)cc1F. The summed E-state index contributed by atoms with van der Waals surface area (Å²) in [5.74, 6) is -1.48. The van der Waals surface area contributed by atoms with E-state index in [-0.39, 0.29) is 46.4 Å². The molecule has 5 rings (SSSR count).